The summed E-state index contributed by atoms with van der Waals surface area (Å²) in [6, 6.07) is 3.36. The van der Waals surface area contributed by atoms with E-state index in [1.165, 1.54) is 6.07 Å². The highest BCUT2D eigenvalue weighted by Crippen LogP contribution is 2.18. The van der Waals surface area contributed by atoms with E-state index in [0.717, 1.165) is 6.42 Å². The highest BCUT2D eigenvalue weighted by molar-refractivity contribution is 5.95. The zero-order valence-electron chi connectivity index (χ0n) is 16.7. The Bertz CT molecular complexity index is 980. The molecule has 150 valence electrons. The van der Waals surface area contributed by atoms with Gasteiger partial charge >= 0.3 is 0 Å². The van der Waals surface area contributed by atoms with Gasteiger partial charge in [0.2, 0.25) is 5.95 Å². The van der Waals surface area contributed by atoms with E-state index in [1.54, 1.807) is 29.0 Å². The summed E-state index contributed by atoms with van der Waals surface area (Å²) in [5.41, 5.74) is 1.01. The molecule has 9 heteroatoms. The van der Waals surface area contributed by atoms with Gasteiger partial charge in [-0.3, -0.25) is 24.3 Å². The van der Waals surface area contributed by atoms with Crippen LogP contribution in [0.5, 0.6) is 0 Å². The largest absolute Gasteiger partial charge is 0.348 e. The van der Waals surface area contributed by atoms with E-state index in [1.807, 2.05) is 21.1 Å². The number of hydrogen-bond acceptors (Lipinski definition) is 6. The number of hydrogen-bond donors (Lipinski definition) is 2. The molecule has 0 saturated carbocycles. The van der Waals surface area contributed by atoms with E-state index >= 15 is 0 Å². The fourth-order valence-corrected chi connectivity index (χ4v) is 3.46. The first-order valence-electron chi connectivity index (χ1n) is 9.21. The van der Waals surface area contributed by atoms with Gasteiger partial charge in [-0.25, -0.2) is 4.98 Å². The molecule has 1 saturated heterocycles. The fraction of sp³-hybridized carbons (Fsp3) is 0.474. The van der Waals surface area contributed by atoms with Gasteiger partial charge < -0.3 is 14.8 Å². The Morgan fingerprint density at radius 3 is 2.75 bits per heavy atom. The molecule has 2 aromatic heterocycles. The third-order valence-corrected chi connectivity index (χ3v) is 5.07. The van der Waals surface area contributed by atoms with E-state index < -0.39 is 0 Å². The van der Waals surface area contributed by atoms with Gasteiger partial charge in [-0.15, -0.1) is 0 Å². The lowest BCUT2D eigenvalue weighted by atomic mass is 10.1. The monoisotopic (exact) mass is 386 g/mol. The summed E-state index contributed by atoms with van der Waals surface area (Å²) in [5, 5.41) is 0. The number of amides is 1. The van der Waals surface area contributed by atoms with E-state index in [2.05, 4.69) is 19.9 Å². The van der Waals surface area contributed by atoms with Crippen LogP contribution >= 0.6 is 0 Å². The molecule has 2 aromatic rings. The number of carbonyl (C=O) groups is 1. The molecule has 1 aliphatic rings. The molecule has 3 heterocycles. The van der Waals surface area contributed by atoms with Crippen LogP contribution in [-0.4, -0.2) is 70.9 Å². The number of pyridine rings is 1. The van der Waals surface area contributed by atoms with Gasteiger partial charge in [0, 0.05) is 52.0 Å². The zero-order chi connectivity index (χ0) is 20.4. The molecule has 0 bridgehead atoms. The summed E-state index contributed by atoms with van der Waals surface area (Å²) in [4.78, 5) is 52.0. The number of likely N-dealkylation sites (tertiary alicyclic amines) is 1. The second kappa shape index (κ2) is 7.97. The van der Waals surface area contributed by atoms with E-state index in [-0.39, 0.29) is 28.6 Å². The Labute approximate surface area is 163 Å². The van der Waals surface area contributed by atoms with E-state index in [0.29, 0.717) is 36.8 Å². The van der Waals surface area contributed by atoms with Gasteiger partial charge in [-0.1, -0.05) is 0 Å². The molecular formula is C19H26N6O3. The predicted molar refractivity (Wildman–Crippen MR) is 107 cm³/mol. The van der Waals surface area contributed by atoms with Crippen molar-refractivity contribution in [3.63, 3.8) is 0 Å². The Morgan fingerprint density at radius 1 is 1.32 bits per heavy atom. The third-order valence-electron chi connectivity index (χ3n) is 5.07. The molecule has 3 rings (SSSR count). The van der Waals surface area contributed by atoms with Crippen molar-refractivity contribution in [2.24, 2.45) is 0 Å². The van der Waals surface area contributed by atoms with Crippen molar-refractivity contribution < 1.29 is 4.79 Å². The van der Waals surface area contributed by atoms with Crippen LogP contribution in [0.1, 0.15) is 28.0 Å². The Balaban J connectivity index is 1.69. The van der Waals surface area contributed by atoms with Crippen molar-refractivity contribution in [2.45, 2.75) is 25.9 Å². The van der Waals surface area contributed by atoms with E-state index in [4.69, 9.17) is 0 Å². The average molecular weight is 386 g/mol. The first-order valence-corrected chi connectivity index (χ1v) is 9.21. The van der Waals surface area contributed by atoms with Crippen molar-refractivity contribution in [3.8, 4) is 0 Å². The number of aromatic nitrogens is 3. The molecule has 1 aliphatic heterocycles. The normalized spacial score (nSPS) is 16.6. The standard InChI is InChI=1S/C19H26N6O3/c1-12-5-7-20-17(27)16(12)18(28)25-8-6-14(11-25)24(4)10-13-9-15(26)22-19(21-13)23(2)3/h5,7,9,14H,6,8,10-11H2,1-4H3,(H,20,27)(H,21,22,26)/t14-/m0/s1. The number of likely N-dealkylation sites (N-methyl/N-ethyl adjacent to an activating group) is 1. The van der Waals surface area contributed by atoms with Crippen LogP contribution < -0.4 is 16.0 Å². The average Bonchev–Trinajstić information content (AvgIpc) is 3.11. The maximum absolute atomic E-state index is 12.8. The summed E-state index contributed by atoms with van der Waals surface area (Å²) in [7, 11) is 5.59. The van der Waals surface area contributed by atoms with Crippen LogP contribution in [0.15, 0.2) is 27.9 Å². The Kier molecular flexibility index (Phi) is 5.64. The minimum absolute atomic E-state index is 0.135. The molecule has 28 heavy (non-hydrogen) atoms. The molecular weight excluding hydrogens is 360 g/mol. The second-order valence-electron chi connectivity index (χ2n) is 7.43. The van der Waals surface area contributed by atoms with Crippen molar-refractivity contribution in [3.05, 3.63) is 55.9 Å². The van der Waals surface area contributed by atoms with Crippen LogP contribution in [0, 0.1) is 6.92 Å². The van der Waals surface area contributed by atoms with Crippen LogP contribution in [0.2, 0.25) is 0 Å². The number of aryl methyl sites for hydroxylation is 1. The second-order valence-corrected chi connectivity index (χ2v) is 7.43. The summed E-state index contributed by atoms with van der Waals surface area (Å²) in [5.74, 6) is 0.275. The molecule has 0 radical (unpaired) electrons. The maximum atomic E-state index is 12.8. The lowest BCUT2D eigenvalue weighted by Gasteiger charge is -2.24. The molecule has 1 fully saturated rings. The maximum Gasteiger partial charge on any atom is 0.261 e. The molecule has 0 spiro atoms. The van der Waals surface area contributed by atoms with Gasteiger partial charge in [-0.2, -0.15) is 0 Å². The smallest absolute Gasteiger partial charge is 0.261 e. The van der Waals surface area contributed by atoms with Crippen molar-refractivity contribution in [2.75, 3.05) is 39.1 Å². The summed E-state index contributed by atoms with van der Waals surface area (Å²) >= 11 is 0. The Morgan fingerprint density at radius 2 is 2.07 bits per heavy atom. The van der Waals surface area contributed by atoms with Gasteiger partial charge in [0.25, 0.3) is 17.0 Å². The minimum Gasteiger partial charge on any atom is -0.348 e. The molecule has 1 amide bonds. The number of rotatable bonds is 5. The molecule has 2 N–H and O–H groups in total. The van der Waals surface area contributed by atoms with Crippen LogP contribution in [0.25, 0.3) is 0 Å². The van der Waals surface area contributed by atoms with Gasteiger partial charge in [-0.05, 0) is 32.0 Å². The molecule has 9 nitrogen and oxygen atoms in total. The van der Waals surface area contributed by atoms with E-state index in [9.17, 15) is 14.4 Å². The SMILES string of the molecule is Cc1cc[nH]c(=O)c1C(=O)N1CC[C@H](N(C)Cc2cc(=O)[nH]c(N(C)C)n2)C1. The van der Waals surface area contributed by atoms with Crippen molar-refractivity contribution in [1.82, 2.24) is 24.8 Å². The van der Waals surface area contributed by atoms with Crippen LogP contribution in [0.3, 0.4) is 0 Å². The van der Waals surface area contributed by atoms with Gasteiger partial charge in [0.1, 0.15) is 5.56 Å². The minimum atomic E-state index is -0.356. The van der Waals surface area contributed by atoms with Crippen LogP contribution in [-0.2, 0) is 6.54 Å². The Hall–Kier alpha value is -2.94. The number of carbonyl (C=O) groups excluding carboxylic acids is 1. The lowest BCUT2D eigenvalue weighted by molar-refractivity contribution is 0.0777. The highest BCUT2D eigenvalue weighted by atomic mass is 16.2. The van der Waals surface area contributed by atoms with Gasteiger partial charge in [0.05, 0.1) is 5.69 Å². The first kappa shape index (κ1) is 19.8. The zero-order valence-corrected chi connectivity index (χ0v) is 16.7. The molecule has 0 aliphatic carbocycles. The van der Waals surface area contributed by atoms with Crippen LogP contribution in [0.4, 0.5) is 5.95 Å². The fourth-order valence-electron chi connectivity index (χ4n) is 3.46. The predicted octanol–water partition coefficient (Wildman–Crippen LogP) is 0.179. The quantitative estimate of drug-likeness (QED) is 0.759. The van der Waals surface area contributed by atoms with Crippen molar-refractivity contribution in [1.29, 1.82) is 0 Å². The first-order chi connectivity index (χ1) is 13.3. The number of nitrogens with one attached hydrogen (secondary N) is 2. The van der Waals surface area contributed by atoms with Crippen molar-refractivity contribution >= 4 is 11.9 Å². The number of nitrogens with zero attached hydrogens (tertiary/aromatic N) is 4. The molecule has 1 atom stereocenters. The molecule has 0 aromatic carbocycles. The summed E-state index contributed by atoms with van der Waals surface area (Å²) in [6.45, 7) is 3.39. The highest BCUT2D eigenvalue weighted by Gasteiger charge is 2.31. The molecule has 0 unspecified atom stereocenters. The number of aromatic amines is 2. The number of H-pyrrole nitrogens is 2. The summed E-state index contributed by atoms with van der Waals surface area (Å²) < 4.78 is 0. The lowest BCUT2D eigenvalue weighted by Crippen LogP contribution is -2.38. The third kappa shape index (κ3) is 4.14. The number of anilines is 1. The van der Waals surface area contributed by atoms with Gasteiger partial charge in [0.15, 0.2) is 0 Å². The summed E-state index contributed by atoms with van der Waals surface area (Å²) in [6.07, 6.45) is 2.35. The topological polar surface area (TPSA) is 105 Å².